The van der Waals surface area contributed by atoms with Crippen molar-refractivity contribution in [1.82, 2.24) is 0 Å². The van der Waals surface area contributed by atoms with Crippen LogP contribution in [-0.2, 0) is 28.6 Å². The summed E-state index contributed by atoms with van der Waals surface area (Å²) in [4.78, 5) is 32.6. The zero-order valence-corrected chi connectivity index (χ0v) is 10.9. The number of rotatable bonds is 3. The molecule has 1 aliphatic carbocycles. The van der Waals surface area contributed by atoms with Crippen LogP contribution in [0.25, 0.3) is 0 Å². The van der Waals surface area contributed by atoms with Gasteiger partial charge in [-0.2, -0.15) is 0 Å². The Balaban J connectivity index is 2.89. The Morgan fingerprint density at radius 1 is 1.32 bits per heavy atom. The fourth-order valence-corrected chi connectivity index (χ4v) is 1.70. The van der Waals surface area contributed by atoms with Gasteiger partial charge in [0.15, 0.2) is 0 Å². The highest BCUT2D eigenvalue weighted by Crippen LogP contribution is 2.36. The summed E-state index contributed by atoms with van der Waals surface area (Å²) in [5.41, 5.74) is -0.00718. The van der Waals surface area contributed by atoms with E-state index in [-0.39, 0.29) is 17.8 Å². The lowest BCUT2D eigenvalue weighted by molar-refractivity contribution is -0.169. The zero-order valence-electron chi connectivity index (χ0n) is 10.1. The first-order valence-corrected chi connectivity index (χ1v) is 5.40. The molecule has 1 rings (SSSR count). The van der Waals surface area contributed by atoms with Gasteiger partial charge in [0.1, 0.15) is 5.76 Å². The summed E-state index contributed by atoms with van der Waals surface area (Å²) in [5, 5.41) is 6.93. The number of hydrogen-bond acceptors (Lipinski definition) is 6. The van der Waals surface area contributed by atoms with Gasteiger partial charge in [-0.15, -0.1) is 0 Å². The molecule has 19 heavy (non-hydrogen) atoms. The Bertz CT molecular complexity index is 479. The molecule has 0 aromatic rings. The predicted octanol–water partition coefficient (Wildman–Crippen LogP) is 0.583. The van der Waals surface area contributed by atoms with Crippen molar-refractivity contribution >= 4 is 29.5 Å². The average molecular weight is 291 g/mol. The van der Waals surface area contributed by atoms with Crippen molar-refractivity contribution in [3.63, 3.8) is 0 Å². The van der Waals surface area contributed by atoms with Gasteiger partial charge in [0.05, 0.1) is 7.11 Å². The van der Waals surface area contributed by atoms with Crippen molar-refractivity contribution in [2.75, 3.05) is 14.2 Å². The Hall–Kier alpha value is -1.86. The minimum atomic E-state index is -1.86. The molecule has 8 heteroatoms. The third-order valence-corrected chi connectivity index (χ3v) is 2.86. The number of aliphatic carboxylic acids is 1. The first-order valence-electron chi connectivity index (χ1n) is 5.03. The second kappa shape index (κ2) is 5.85. The first-order chi connectivity index (χ1) is 8.84. The van der Waals surface area contributed by atoms with Crippen LogP contribution >= 0.6 is 11.6 Å². The molecular formula is C11H11ClO7. The predicted molar refractivity (Wildman–Crippen MR) is 62.1 cm³/mol. The number of allylic oxidation sites excluding steroid dienone is 2. The summed E-state index contributed by atoms with van der Waals surface area (Å²) in [6.07, 6.45) is 2.56. The van der Waals surface area contributed by atoms with Crippen molar-refractivity contribution in [2.24, 2.45) is 0 Å². The zero-order chi connectivity index (χ0) is 14.6. The maximum Gasteiger partial charge on any atom is 0.425 e. The quantitative estimate of drug-likeness (QED) is 0.351. The van der Waals surface area contributed by atoms with Crippen LogP contribution < -0.4 is 0 Å². The highest BCUT2D eigenvalue weighted by atomic mass is 35.5. The summed E-state index contributed by atoms with van der Waals surface area (Å²) in [5.74, 6) is -4.34. The van der Waals surface area contributed by atoms with E-state index in [9.17, 15) is 14.4 Å². The van der Waals surface area contributed by atoms with Crippen LogP contribution in [0.2, 0.25) is 0 Å². The van der Waals surface area contributed by atoms with E-state index in [1.165, 1.54) is 26.4 Å². The van der Waals surface area contributed by atoms with Crippen LogP contribution in [0.4, 0.5) is 0 Å². The SMILES string of the molecule is COC1=CC=C(C(=O)OC(=O)C(=O)O)CC1(Cl)OC. The number of hydrogen-bond donors (Lipinski definition) is 1. The van der Waals surface area contributed by atoms with E-state index >= 15 is 0 Å². The molecule has 0 bridgehead atoms. The summed E-state index contributed by atoms with van der Waals surface area (Å²) in [6, 6.07) is 0. The normalized spacial score (nSPS) is 22.1. The molecule has 0 amide bonds. The van der Waals surface area contributed by atoms with Crippen molar-refractivity contribution in [3.8, 4) is 0 Å². The van der Waals surface area contributed by atoms with E-state index < -0.39 is 23.0 Å². The standard InChI is InChI=1S/C11H11ClO7/c1-17-7-4-3-6(5-11(7,12)18-2)9(15)19-10(16)8(13)14/h3-4H,5H2,1-2H3,(H,13,14). The molecule has 0 saturated heterocycles. The number of carboxylic acid groups (broad SMARTS) is 1. The highest BCUT2D eigenvalue weighted by molar-refractivity contribution is 6.31. The summed E-state index contributed by atoms with van der Waals surface area (Å²) in [7, 11) is 2.70. The largest absolute Gasteiger partial charge is 0.497 e. The monoisotopic (exact) mass is 290 g/mol. The van der Waals surface area contributed by atoms with Gasteiger partial charge in [-0.05, 0) is 12.2 Å². The summed E-state index contributed by atoms with van der Waals surface area (Å²) < 4.78 is 14.2. The average Bonchev–Trinajstić information content (AvgIpc) is 2.38. The van der Waals surface area contributed by atoms with Crippen molar-refractivity contribution in [2.45, 2.75) is 11.5 Å². The van der Waals surface area contributed by atoms with E-state index in [0.717, 1.165) is 0 Å². The molecule has 0 saturated carbocycles. The minimum Gasteiger partial charge on any atom is -0.497 e. The first kappa shape index (κ1) is 15.2. The minimum absolute atomic E-state index is 0.00718. The highest BCUT2D eigenvalue weighted by Gasteiger charge is 2.39. The van der Waals surface area contributed by atoms with E-state index in [0.29, 0.717) is 0 Å². The number of esters is 2. The molecule has 0 fully saturated rings. The number of carbonyl (C=O) groups excluding carboxylic acids is 2. The Morgan fingerprint density at radius 3 is 2.42 bits per heavy atom. The van der Waals surface area contributed by atoms with Gasteiger partial charge < -0.3 is 19.3 Å². The van der Waals surface area contributed by atoms with Gasteiger partial charge in [-0.25, -0.2) is 14.4 Å². The lowest BCUT2D eigenvalue weighted by Gasteiger charge is -2.29. The van der Waals surface area contributed by atoms with Crippen molar-refractivity contribution in [3.05, 3.63) is 23.5 Å². The fraction of sp³-hybridized carbons (Fsp3) is 0.364. The molecule has 1 N–H and O–H groups in total. The van der Waals surface area contributed by atoms with Gasteiger partial charge >= 0.3 is 17.9 Å². The molecular weight excluding hydrogens is 280 g/mol. The van der Waals surface area contributed by atoms with Crippen LogP contribution in [-0.4, -0.2) is 42.3 Å². The third-order valence-electron chi connectivity index (χ3n) is 2.39. The number of alkyl halides is 1. The van der Waals surface area contributed by atoms with Crippen LogP contribution in [0.15, 0.2) is 23.5 Å². The molecule has 0 heterocycles. The van der Waals surface area contributed by atoms with Gasteiger partial charge in [-0.1, -0.05) is 11.6 Å². The van der Waals surface area contributed by atoms with E-state index in [4.69, 9.17) is 26.2 Å². The van der Waals surface area contributed by atoms with Crippen LogP contribution in [0.1, 0.15) is 6.42 Å². The Morgan fingerprint density at radius 2 is 1.95 bits per heavy atom. The number of carbonyl (C=O) groups is 3. The van der Waals surface area contributed by atoms with Crippen LogP contribution in [0.5, 0.6) is 0 Å². The Labute approximate surface area is 113 Å². The van der Waals surface area contributed by atoms with E-state index in [1.807, 2.05) is 0 Å². The fourth-order valence-electron chi connectivity index (χ4n) is 1.42. The molecule has 1 unspecified atom stereocenters. The lowest BCUT2D eigenvalue weighted by Crippen LogP contribution is -2.33. The molecule has 1 aliphatic rings. The molecule has 7 nitrogen and oxygen atoms in total. The van der Waals surface area contributed by atoms with Crippen LogP contribution in [0.3, 0.4) is 0 Å². The topological polar surface area (TPSA) is 99.1 Å². The van der Waals surface area contributed by atoms with Crippen molar-refractivity contribution < 1.29 is 33.7 Å². The number of carboxylic acids is 1. The van der Waals surface area contributed by atoms with Gasteiger partial charge in [0.25, 0.3) is 0 Å². The molecule has 104 valence electrons. The van der Waals surface area contributed by atoms with Gasteiger partial charge in [-0.3, -0.25) is 0 Å². The molecule has 0 spiro atoms. The van der Waals surface area contributed by atoms with Crippen molar-refractivity contribution in [1.29, 1.82) is 0 Å². The number of ether oxygens (including phenoxy) is 3. The number of halogens is 1. The third kappa shape index (κ3) is 3.33. The summed E-state index contributed by atoms with van der Waals surface area (Å²) in [6.45, 7) is 0. The molecule has 0 aromatic carbocycles. The maximum atomic E-state index is 11.6. The van der Waals surface area contributed by atoms with Gasteiger partial charge in [0, 0.05) is 19.1 Å². The van der Waals surface area contributed by atoms with E-state index in [2.05, 4.69) is 4.74 Å². The maximum absolute atomic E-state index is 11.6. The van der Waals surface area contributed by atoms with E-state index in [1.54, 1.807) is 0 Å². The number of methoxy groups -OCH3 is 2. The molecule has 0 radical (unpaired) electrons. The molecule has 1 atom stereocenters. The molecule has 0 aliphatic heterocycles. The van der Waals surface area contributed by atoms with Gasteiger partial charge in [0.2, 0.25) is 5.06 Å². The Kier molecular flexibility index (Phi) is 4.68. The molecule has 0 aromatic heterocycles. The second-order valence-corrected chi connectivity index (χ2v) is 4.13. The lowest BCUT2D eigenvalue weighted by atomic mass is 10.0. The van der Waals surface area contributed by atoms with Crippen LogP contribution in [0, 0.1) is 0 Å². The summed E-state index contributed by atoms with van der Waals surface area (Å²) >= 11 is 6.10. The second-order valence-electron chi connectivity index (χ2n) is 3.52. The smallest absolute Gasteiger partial charge is 0.425 e.